The van der Waals surface area contributed by atoms with Crippen molar-refractivity contribution in [3.8, 4) is 0 Å². The highest BCUT2D eigenvalue weighted by molar-refractivity contribution is 7.88. The molecule has 0 aromatic carbocycles. The summed E-state index contributed by atoms with van der Waals surface area (Å²) < 4.78 is 24.6. The minimum atomic E-state index is -3.05. The summed E-state index contributed by atoms with van der Waals surface area (Å²) in [4.78, 5) is 6.37. The zero-order valence-corrected chi connectivity index (χ0v) is 11.4. The van der Waals surface area contributed by atoms with E-state index in [9.17, 15) is 8.42 Å². The molecule has 0 bridgehead atoms. The van der Waals surface area contributed by atoms with E-state index >= 15 is 0 Å². The van der Waals surface area contributed by atoms with Crippen LogP contribution in [0.3, 0.4) is 0 Å². The van der Waals surface area contributed by atoms with E-state index in [2.05, 4.69) is 9.88 Å². The Morgan fingerprint density at radius 1 is 1.28 bits per heavy atom. The average molecular weight is 269 g/mol. The van der Waals surface area contributed by atoms with E-state index in [0.717, 1.165) is 26.1 Å². The average Bonchev–Trinajstić information content (AvgIpc) is 2.55. The standard InChI is InChI=1S/C12H19N3O2S/c1-18(16,17)15-7-3-6-14(8-9-15)11-12-4-2-5-13-10-12/h2,4-5,10H,3,6-9,11H2,1H3. The Balaban J connectivity index is 1.94. The van der Waals surface area contributed by atoms with Gasteiger partial charge in [-0.05, 0) is 24.6 Å². The lowest BCUT2D eigenvalue weighted by Gasteiger charge is -2.20. The van der Waals surface area contributed by atoms with Crippen molar-refractivity contribution < 1.29 is 8.42 Å². The molecule has 0 saturated carbocycles. The van der Waals surface area contributed by atoms with Crippen LogP contribution in [0.5, 0.6) is 0 Å². The van der Waals surface area contributed by atoms with Crippen molar-refractivity contribution in [1.29, 1.82) is 0 Å². The third-order valence-electron chi connectivity index (χ3n) is 3.15. The Kier molecular flexibility index (Phi) is 4.31. The van der Waals surface area contributed by atoms with Gasteiger partial charge in [-0.25, -0.2) is 12.7 Å². The number of aromatic nitrogens is 1. The molecule has 1 saturated heterocycles. The molecule has 2 heterocycles. The topological polar surface area (TPSA) is 53.5 Å². The molecule has 2 rings (SSSR count). The molecule has 0 radical (unpaired) electrons. The summed E-state index contributed by atoms with van der Waals surface area (Å²) in [6, 6.07) is 3.97. The van der Waals surface area contributed by atoms with E-state index in [1.165, 1.54) is 11.8 Å². The maximum Gasteiger partial charge on any atom is 0.211 e. The van der Waals surface area contributed by atoms with Crippen molar-refractivity contribution in [3.05, 3.63) is 30.1 Å². The molecule has 1 aliphatic heterocycles. The quantitative estimate of drug-likeness (QED) is 0.804. The van der Waals surface area contributed by atoms with E-state index in [0.29, 0.717) is 13.1 Å². The molecule has 0 spiro atoms. The zero-order valence-electron chi connectivity index (χ0n) is 10.6. The van der Waals surface area contributed by atoms with Gasteiger partial charge < -0.3 is 0 Å². The largest absolute Gasteiger partial charge is 0.298 e. The monoisotopic (exact) mass is 269 g/mol. The van der Waals surface area contributed by atoms with Gasteiger partial charge in [0.15, 0.2) is 0 Å². The van der Waals surface area contributed by atoms with Gasteiger partial charge >= 0.3 is 0 Å². The zero-order chi connectivity index (χ0) is 13.0. The van der Waals surface area contributed by atoms with E-state index in [4.69, 9.17) is 0 Å². The molecular formula is C12H19N3O2S. The first-order valence-corrected chi connectivity index (χ1v) is 7.97. The number of nitrogens with zero attached hydrogens (tertiary/aromatic N) is 3. The Morgan fingerprint density at radius 2 is 2.11 bits per heavy atom. The highest BCUT2D eigenvalue weighted by Crippen LogP contribution is 2.10. The summed E-state index contributed by atoms with van der Waals surface area (Å²) in [5.74, 6) is 0. The van der Waals surface area contributed by atoms with Crippen LogP contribution in [-0.2, 0) is 16.6 Å². The van der Waals surface area contributed by atoms with E-state index < -0.39 is 10.0 Å². The summed E-state index contributed by atoms with van der Waals surface area (Å²) in [7, 11) is -3.05. The van der Waals surface area contributed by atoms with Crippen LogP contribution in [0, 0.1) is 0 Å². The number of pyridine rings is 1. The van der Waals surface area contributed by atoms with Crippen LogP contribution >= 0.6 is 0 Å². The first-order chi connectivity index (χ1) is 8.55. The van der Waals surface area contributed by atoms with Crippen LogP contribution in [0.15, 0.2) is 24.5 Å². The summed E-state index contributed by atoms with van der Waals surface area (Å²) in [5, 5.41) is 0. The SMILES string of the molecule is CS(=O)(=O)N1CCCN(Cc2cccnc2)CC1. The van der Waals surface area contributed by atoms with Crippen molar-refractivity contribution in [1.82, 2.24) is 14.2 Å². The molecule has 100 valence electrons. The summed E-state index contributed by atoms with van der Waals surface area (Å²) in [5.41, 5.74) is 1.17. The molecule has 0 aliphatic carbocycles. The third-order valence-corrected chi connectivity index (χ3v) is 4.45. The van der Waals surface area contributed by atoms with Gasteiger partial charge in [-0.3, -0.25) is 9.88 Å². The maximum absolute atomic E-state index is 11.5. The Bertz CT molecular complexity index is 475. The number of hydrogen-bond donors (Lipinski definition) is 0. The molecule has 18 heavy (non-hydrogen) atoms. The van der Waals surface area contributed by atoms with Crippen molar-refractivity contribution >= 4 is 10.0 Å². The lowest BCUT2D eigenvalue weighted by atomic mass is 10.2. The molecule has 1 aromatic rings. The summed E-state index contributed by atoms with van der Waals surface area (Å²) >= 11 is 0. The van der Waals surface area contributed by atoms with Crippen molar-refractivity contribution in [2.24, 2.45) is 0 Å². The highest BCUT2D eigenvalue weighted by Gasteiger charge is 2.21. The predicted molar refractivity (Wildman–Crippen MR) is 70.5 cm³/mol. The molecule has 0 unspecified atom stereocenters. The fraction of sp³-hybridized carbons (Fsp3) is 0.583. The van der Waals surface area contributed by atoms with Crippen LogP contribution in [0.2, 0.25) is 0 Å². The second-order valence-electron chi connectivity index (χ2n) is 4.65. The third kappa shape index (κ3) is 3.76. The number of sulfonamides is 1. The van der Waals surface area contributed by atoms with Gasteiger partial charge in [0.2, 0.25) is 10.0 Å². The molecule has 0 N–H and O–H groups in total. The van der Waals surface area contributed by atoms with Gasteiger partial charge in [0.25, 0.3) is 0 Å². The molecule has 1 fully saturated rings. The molecule has 5 nitrogen and oxygen atoms in total. The van der Waals surface area contributed by atoms with Crippen LogP contribution in [0.4, 0.5) is 0 Å². The first kappa shape index (κ1) is 13.5. The van der Waals surface area contributed by atoms with Crippen molar-refractivity contribution in [3.63, 3.8) is 0 Å². The molecule has 6 heteroatoms. The van der Waals surface area contributed by atoms with Crippen molar-refractivity contribution in [2.45, 2.75) is 13.0 Å². The lowest BCUT2D eigenvalue weighted by Crippen LogP contribution is -2.34. The molecule has 1 aromatic heterocycles. The minimum absolute atomic E-state index is 0.582. The van der Waals surface area contributed by atoms with Crippen LogP contribution in [0.25, 0.3) is 0 Å². The maximum atomic E-state index is 11.5. The Hall–Kier alpha value is -0.980. The fourth-order valence-electron chi connectivity index (χ4n) is 2.19. The Morgan fingerprint density at radius 3 is 2.78 bits per heavy atom. The van der Waals surface area contributed by atoms with Gasteiger partial charge in [-0.1, -0.05) is 6.07 Å². The van der Waals surface area contributed by atoms with Crippen LogP contribution < -0.4 is 0 Å². The smallest absolute Gasteiger partial charge is 0.211 e. The minimum Gasteiger partial charge on any atom is -0.298 e. The molecule has 1 aliphatic rings. The van der Waals surface area contributed by atoms with Crippen LogP contribution in [-0.4, -0.2) is 55.0 Å². The number of hydrogen-bond acceptors (Lipinski definition) is 4. The number of rotatable bonds is 3. The Labute approximate surface area is 108 Å². The summed E-state index contributed by atoms with van der Waals surface area (Å²) in [6.07, 6.45) is 5.79. The predicted octanol–water partition coefficient (Wildman–Crippen LogP) is 0.549. The summed E-state index contributed by atoms with van der Waals surface area (Å²) in [6.45, 7) is 3.76. The van der Waals surface area contributed by atoms with Gasteiger partial charge in [-0.2, -0.15) is 0 Å². The molecular weight excluding hydrogens is 250 g/mol. The van der Waals surface area contributed by atoms with Gasteiger partial charge in [-0.15, -0.1) is 0 Å². The molecule has 0 amide bonds. The van der Waals surface area contributed by atoms with E-state index in [1.54, 1.807) is 10.5 Å². The highest BCUT2D eigenvalue weighted by atomic mass is 32.2. The van der Waals surface area contributed by atoms with Crippen molar-refractivity contribution in [2.75, 3.05) is 32.4 Å². The van der Waals surface area contributed by atoms with E-state index in [1.807, 2.05) is 18.3 Å². The lowest BCUT2D eigenvalue weighted by molar-refractivity contribution is 0.278. The first-order valence-electron chi connectivity index (χ1n) is 6.12. The van der Waals surface area contributed by atoms with Crippen LogP contribution in [0.1, 0.15) is 12.0 Å². The van der Waals surface area contributed by atoms with Gasteiger partial charge in [0.1, 0.15) is 0 Å². The van der Waals surface area contributed by atoms with E-state index in [-0.39, 0.29) is 0 Å². The second-order valence-corrected chi connectivity index (χ2v) is 6.64. The molecule has 0 atom stereocenters. The second kappa shape index (κ2) is 5.77. The fourth-order valence-corrected chi connectivity index (χ4v) is 3.06. The normalized spacial score (nSPS) is 19.6. The van der Waals surface area contributed by atoms with Gasteiger partial charge in [0, 0.05) is 38.6 Å². The van der Waals surface area contributed by atoms with Gasteiger partial charge in [0.05, 0.1) is 6.26 Å².